The van der Waals surface area contributed by atoms with Crippen LogP contribution in [0.1, 0.15) is 25.5 Å². The molecule has 0 fully saturated rings. The molecular formula is C13H18N4O2S. The lowest BCUT2D eigenvalue weighted by molar-refractivity contribution is 0.598. The molecule has 1 aromatic heterocycles. The molecule has 0 aliphatic rings. The molecule has 20 heavy (non-hydrogen) atoms. The van der Waals surface area contributed by atoms with Gasteiger partial charge in [-0.15, -0.1) is 0 Å². The van der Waals surface area contributed by atoms with Crippen molar-refractivity contribution in [1.29, 1.82) is 0 Å². The Hall–Kier alpha value is -1.86. The molecule has 3 N–H and O–H groups in total. The highest BCUT2D eigenvalue weighted by atomic mass is 32.2. The second-order valence-electron chi connectivity index (χ2n) is 4.52. The first-order chi connectivity index (χ1) is 9.44. The molecule has 7 heteroatoms. The fraction of sp³-hybridized carbons (Fsp3) is 0.308. The van der Waals surface area contributed by atoms with Crippen LogP contribution in [0.15, 0.2) is 41.8 Å². The quantitative estimate of drug-likeness (QED) is 0.878. The average molecular weight is 294 g/mol. The van der Waals surface area contributed by atoms with Crippen LogP contribution in [-0.4, -0.2) is 18.0 Å². The van der Waals surface area contributed by atoms with Gasteiger partial charge in [-0.25, -0.2) is 4.98 Å². The van der Waals surface area contributed by atoms with E-state index in [-0.39, 0.29) is 11.1 Å². The van der Waals surface area contributed by atoms with Gasteiger partial charge >= 0.3 is 0 Å². The topological polar surface area (TPSA) is 90.0 Å². The van der Waals surface area contributed by atoms with Crippen molar-refractivity contribution in [2.24, 2.45) is 5.73 Å². The summed E-state index contributed by atoms with van der Waals surface area (Å²) in [6, 6.07) is 6.80. The number of aryl methyl sites for hydroxylation is 1. The van der Waals surface area contributed by atoms with Gasteiger partial charge in [0.25, 0.3) is 10.0 Å². The number of aromatic nitrogens is 2. The van der Waals surface area contributed by atoms with Crippen LogP contribution in [0, 0.1) is 0 Å². The Morgan fingerprint density at radius 1 is 1.40 bits per heavy atom. The second-order valence-corrected chi connectivity index (χ2v) is 6.15. The molecule has 0 amide bonds. The first-order valence-electron chi connectivity index (χ1n) is 6.33. The molecule has 0 aliphatic carbocycles. The van der Waals surface area contributed by atoms with Crippen molar-refractivity contribution in [1.82, 2.24) is 9.55 Å². The Balaban J connectivity index is 2.33. The molecule has 6 nitrogen and oxygen atoms in total. The third-order valence-electron chi connectivity index (χ3n) is 2.95. The van der Waals surface area contributed by atoms with Gasteiger partial charge in [0.1, 0.15) is 0 Å². The summed E-state index contributed by atoms with van der Waals surface area (Å²) in [5, 5.41) is -0.00109. The van der Waals surface area contributed by atoms with Crippen molar-refractivity contribution in [3.05, 3.63) is 42.4 Å². The zero-order valence-corrected chi connectivity index (χ0v) is 12.3. The van der Waals surface area contributed by atoms with Gasteiger partial charge in [-0.05, 0) is 25.5 Å². The van der Waals surface area contributed by atoms with Crippen LogP contribution in [-0.2, 0) is 16.6 Å². The molecule has 0 bridgehead atoms. The normalized spacial score (nSPS) is 13.2. The largest absolute Gasteiger partial charge is 0.336 e. The lowest BCUT2D eigenvalue weighted by Gasteiger charge is -2.13. The second kappa shape index (κ2) is 5.64. The number of nitrogens with two attached hydrogens (primary N) is 1. The predicted molar refractivity (Wildman–Crippen MR) is 77.8 cm³/mol. The van der Waals surface area contributed by atoms with Crippen LogP contribution in [0.5, 0.6) is 0 Å². The van der Waals surface area contributed by atoms with Crippen molar-refractivity contribution in [3.63, 3.8) is 0 Å². The number of nitrogens with one attached hydrogen (secondary N) is 1. The summed E-state index contributed by atoms with van der Waals surface area (Å²) in [5.74, 6) is 0. The number of nitrogens with zero attached hydrogens (tertiary/aromatic N) is 2. The highest BCUT2D eigenvalue weighted by Crippen LogP contribution is 2.23. The van der Waals surface area contributed by atoms with E-state index in [0.29, 0.717) is 12.2 Å². The molecular weight excluding hydrogens is 276 g/mol. The molecule has 1 unspecified atom stereocenters. The maximum absolute atomic E-state index is 12.3. The molecule has 1 atom stereocenters. The van der Waals surface area contributed by atoms with Crippen molar-refractivity contribution < 1.29 is 8.42 Å². The van der Waals surface area contributed by atoms with Crippen LogP contribution in [0.25, 0.3) is 0 Å². The molecule has 1 heterocycles. The Morgan fingerprint density at radius 2 is 2.10 bits per heavy atom. The fourth-order valence-electron chi connectivity index (χ4n) is 1.84. The minimum atomic E-state index is -3.70. The summed E-state index contributed by atoms with van der Waals surface area (Å²) in [4.78, 5) is 3.91. The minimum absolute atomic E-state index is 0.00109. The molecule has 0 aliphatic heterocycles. The summed E-state index contributed by atoms with van der Waals surface area (Å²) < 4.78 is 28.8. The van der Waals surface area contributed by atoms with Gasteiger partial charge in [0.15, 0.2) is 5.03 Å². The van der Waals surface area contributed by atoms with E-state index in [0.717, 1.165) is 5.56 Å². The lowest BCUT2D eigenvalue weighted by atomic mass is 10.1. The first kappa shape index (κ1) is 14.5. The van der Waals surface area contributed by atoms with Gasteiger partial charge < -0.3 is 10.3 Å². The van der Waals surface area contributed by atoms with Crippen molar-refractivity contribution >= 4 is 15.7 Å². The summed E-state index contributed by atoms with van der Waals surface area (Å²) in [6.45, 7) is 4.38. The van der Waals surface area contributed by atoms with Crippen molar-refractivity contribution in [2.45, 2.75) is 31.5 Å². The summed E-state index contributed by atoms with van der Waals surface area (Å²) in [5.41, 5.74) is 7.06. The highest BCUT2D eigenvalue weighted by Gasteiger charge is 2.19. The number of para-hydroxylation sites is 1. The molecule has 0 saturated heterocycles. The zero-order valence-electron chi connectivity index (χ0n) is 11.4. The third kappa shape index (κ3) is 3.00. The smallest absolute Gasteiger partial charge is 0.280 e. The van der Waals surface area contributed by atoms with Crippen LogP contribution in [0.4, 0.5) is 5.69 Å². The third-order valence-corrected chi connectivity index (χ3v) is 4.20. The number of rotatable bonds is 5. The first-order valence-corrected chi connectivity index (χ1v) is 7.81. The van der Waals surface area contributed by atoms with E-state index < -0.39 is 10.0 Å². The number of benzene rings is 1. The number of sulfonamides is 1. The summed E-state index contributed by atoms with van der Waals surface area (Å²) in [7, 11) is -3.70. The maximum Gasteiger partial charge on any atom is 0.280 e. The van der Waals surface area contributed by atoms with Gasteiger partial charge in [0, 0.05) is 18.8 Å². The molecule has 2 rings (SSSR count). The number of hydrogen-bond acceptors (Lipinski definition) is 4. The molecule has 1 aromatic carbocycles. The van der Waals surface area contributed by atoms with Gasteiger partial charge in [0.2, 0.25) is 0 Å². The Morgan fingerprint density at radius 3 is 2.70 bits per heavy atom. The molecule has 0 radical (unpaired) electrons. The van der Waals surface area contributed by atoms with Gasteiger partial charge in [-0.1, -0.05) is 18.2 Å². The lowest BCUT2D eigenvalue weighted by Crippen LogP contribution is -2.16. The Labute approximate surface area is 118 Å². The van der Waals surface area contributed by atoms with Crippen molar-refractivity contribution in [2.75, 3.05) is 4.72 Å². The number of imidazole rings is 1. The van der Waals surface area contributed by atoms with E-state index >= 15 is 0 Å². The summed E-state index contributed by atoms with van der Waals surface area (Å²) >= 11 is 0. The standard InChI is InChI=1S/C13H18N4O2S/c1-3-17-8-13(15-9-17)20(18,19)16-12-7-5-4-6-11(12)10(2)14/h4-10,16H,3,14H2,1-2H3. The molecule has 108 valence electrons. The van der Waals surface area contributed by atoms with E-state index in [1.54, 1.807) is 29.7 Å². The van der Waals surface area contributed by atoms with E-state index in [1.165, 1.54) is 12.5 Å². The van der Waals surface area contributed by atoms with Crippen molar-refractivity contribution in [3.8, 4) is 0 Å². The zero-order chi connectivity index (χ0) is 14.8. The van der Waals surface area contributed by atoms with E-state index in [9.17, 15) is 8.42 Å². The van der Waals surface area contributed by atoms with Crippen LogP contribution in [0.2, 0.25) is 0 Å². The van der Waals surface area contributed by atoms with Gasteiger partial charge in [-0.3, -0.25) is 4.72 Å². The van der Waals surface area contributed by atoms with E-state index in [4.69, 9.17) is 5.73 Å². The average Bonchev–Trinajstić information content (AvgIpc) is 2.88. The van der Waals surface area contributed by atoms with Gasteiger partial charge in [-0.2, -0.15) is 8.42 Å². The Bertz CT molecular complexity index is 692. The van der Waals surface area contributed by atoms with Crippen LogP contribution < -0.4 is 10.5 Å². The summed E-state index contributed by atoms with van der Waals surface area (Å²) in [6.07, 6.45) is 2.99. The maximum atomic E-state index is 12.3. The SMILES string of the molecule is CCn1cnc(S(=O)(=O)Nc2ccccc2C(C)N)c1. The molecule has 0 saturated carbocycles. The molecule has 0 spiro atoms. The van der Waals surface area contributed by atoms with Gasteiger partial charge in [0.05, 0.1) is 12.0 Å². The van der Waals surface area contributed by atoms with Crippen LogP contribution >= 0.6 is 0 Å². The highest BCUT2D eigenvalue weighted by molar-refractivity contribution is 7.92. The Kier molecular flexibility index (Phi) is 4.10. The predicted octanol–water partition coefficient (Wildman–Crippen LogP) is 1.72. The molecule has 2 aromatic rings. The van der Waals surface area contributed by atoms with Crippen LogP contribution in [0.3, 0.4) is 0 Å². The van der Waals surface area contributed by atoms with E-state index in [2.05, 4.69) is 9.71 Å². The minimum Gasteiger partial charge on any atom is -0.336 e. The number of anilines is 1. The van der Waals surface area contributed by atoms with E-state index in [1.807, 2.05) is 13.0 Å². The fourth-order valence-corrected chi connectivity index (χ4v) is 2.88. The monoisotopic (exact) mass is 294 g/mol. The number of hydrogen-bond donors (Lipinski definition) is 2.